The molecule has 0 amide bonds. The number of H-pyrrole nitrogens is 1. The lowest BCUT2D eigenvalue weighted by Crippen LogP contribution is -2.36. The van der Waals surface area contributed by atoms with Gasteiger partial charge in [0.25, 0.3) is 5.56 Å². The number of ketones is 1. The van der Waals surface area contributed by atoms with Crippen LogP contribution in [0.3, 0.4) is 0 Å². The summed E-state index contributed by atoms with van der Waals surface area (Å²) in [7, 11) is 1.32. The first kappa shape index (κ1) is 21.7. The highest BCUT2D eigenvalue weighted by molar-refractivity contribution is 7.20. The number of esters is 1. The van der Waals surface area contributed by atoms with Gasteiger partial charge in [-0.2, -0.15) is 0 Å². The molecular formula is C22H22ClN3O4S. The molecule has 0 bridgehead atoms. The highest BCUT2D eigenvalue weighted by Crippen LogP contribution is 2.28. The Bertz CT molecular complexity index is 1190. The van der Waals surface area contributed by atoms with Crippen molar-refractivity contribution in [2.24, 2.45) is 5.92 Å². The van der Waals surface area contributed by atoms with E-state index in [1.807, 2.05) is 0 Å². The number of likely N-dealkylation sites (tertiary alicyclic amines) is 1. The number of Topliss-reactive ketones (excluding diaryl/α,β-unsaturated/α-hetero) is 1. The van der Waals surface area contributed by atoms with E-state index in [2.05, 4.69) is 14.9 Å². The van der Waals surface area contributed by atoms with E-state index >= 15 is 0 Å². The Hall–Kier alpha value is -2.55. The van der Waals surface area contributed by atoms with E-state index in [1.165, 1.54) is 18.4 Å². The third-order valence-electron chi connectivity index (χ3n) is 5.68. The average molecular weight is 460 g/mol. The van der Waals surface area contributed by atoms with Gasteiger partial charge in [0, 0.05) is 16.5 Å². The van der Waals surface area contributed by atoms with Gasteiger partial charge in [-0.15, -0.1) is 11.3 Å². The summed E-state index contributed by atoms with van der Waals surface area (Å²) in [5.41, 5.74) is 1.03. The number of carbonyl (C=O) groups is 2. The Labute approximate surface area is 188 Å². The minimum absolute atomic E-state index is 0.0190. The smallest absolute Gasteiger partial charge is 0.348 e. The monoisotopic (exact) mass is 459 g/mol. The summed E-state index contributed by atoms with van der Waals surface area (Å²) in [6.07, 6.45) is 1.50. The van der Waals surface area contributed by atoms with Crippen LogP contribution in [0.15, 0.2) is 29.1 Å². The van der Waals surface area contributed by atoms with Crippen LogP contribution in [0.25, 0.3) is 10.2 Å². The van der Waals surface area contributed by atoms with Crippen molar-refractivity contribution in [1.29, 1.82) is 0 Å². The molecule has 9 heteroatoms. The number of rotatable bonds is 5. The maximum Gasteiger partial charge on any atom is 0.348 e. The second kappa shape index (κ2) is 8.90. The minimum Gasteiger partial charge on any atom is -0.465 e. The van der Waals surface area contributed by atoms with Crippen LogP contribution in [0.2, 0.25) is 5.02 Å². The number of nitrogens with zero attached hydrogens (tertiary/aromatic N) is 2. The van der Waals surface area contributed by atoms with E-state index in [-0.39, 0.29) is 17.3 Å². The van der Waals surface area contributed by atoms with Crippen LogP contribution in [-0.4, -0.2) is 46.8 Å². The van der Waals surface area contributed by atoms with Crippen LogP contribution >= 0.6 is 22.9 Å². The summed E-state index contributed by atoms with van der Waals surface area (Å²) in [4.78, 5) is 47.8. The molecule has 3 heterocycles. The highest BCUT2D eigenvalue weighted by Gasteiger charge is 2.26. The molecule has 7 nitrogen and oxygen atoms in total. The van der Waals surface area contributed by atoms with Crippen molar-refractivity contribution in [2.75, 3.05) is 20.2 Å². The van der Waals surface area contributed by atoms with E-state index in [0.717, 1.165) is 25.9 Å². The lowest BCUT2D eigenvalue weighted by atomic mass is 9.89. The number of fused-ring (bicyclic) bond motifs is 1. The number of ether oxygens (including phenoxy) is 1. The van der Waals surface area contributed by atoms with Gasteiger partial charge in [0.2, 0.25) is 0 Å². The summed E-state index contributed by atoms with van der Waals surface area (Å²) < 4.78 is 4.79. The Morgan fingerprint density at radius 1 is 1.26 bits per heavy atom. The normalized spacial score (nSPS) is 15.3. The molecule has 0 atom stereocenters. The fourth-order valence-corrected chi connectivity index (χ4v) is 5.21. The molecule has 2 aromatic heterocycles. The molecule has 1 saturated heterocycles. The Kier molecular flexibility index (Phi) is 6.22. The van der Waals surface area contributed by atoms with Gasteiger partial charge in [0.05, 0.1) is 19.0 Å². The van der Waals surface area contributed by atoms with Crippen molar-refractivity contribution in [3.8, 4) is 0 Å². The number of aromatic amines is 1. The molecule has 0 aliphatic carbocycles. The standard InChI is InChI=1S/C22H22ClN3O4S/c1-12-17-20(28)24-16(25-21(17)31-19(12)22(29)30-2)11-26-9-7-14(8-10-26)18(27)13-3-5-15(23)6-4-13/h3-6,14H,7-11H2,1-2H3,(H,24,25,28). The zero-order valence-electron chi connectivity index (χ0n) is 17.2. The molecule has 1 aromatic carbocycles. The lowest BCUT2D eigenvalue weighted by Gasteiger charge is -2.30. The Morgan fingerprint density at radius 2 is 1.94 bits per heavy atom. The SMILES string of the molecule is COC(=O)c1sc2nc(CN3CCC(C(=O)c4ccc(Cl)cc4)CC3)[nH]c(=O)c2c1C. The molecule has 162 valence electrons. The molecular weight excluding hydrogens is 438 g/mol. The van der Waals surface area contributed by atoms with Crippen molar-refractivity contribution < 1.29 is 14.3 Å². The third kappa shape index (κ3) is 4.42. The number of nitrogens with one attached hydrogen (secondary N) is 1. The van der Waals surface area contributed by atoms with Crippen molar-refractivity contribution in [1.82, 2.24) is 14.9 Å². The molecule has 1 N–H and O–H groups in total. The number of benzene rings is 1. The van der Waals surface area contributed by atoms with Gasteiger partial charge in [-0.25, -0.2) is 9.78 Å². The zero-order chi connectivity index (χ0) is 22.1. The predicted molar refractivity (Wildman–Crippen MR) is 120 cm³/mol. The summed E-state index contributed by atoms with van der Waals surface area (Å²) in [5, 5.41) is 1.05. The highest BCUT2D eigenvalue weighted by atomic mass is 35.5. The van der Waals surface area contributed by atoms with Crippen molar-refractivity contribution in [3.63, 3.8) is 0 Å². The van der Waals surface area contributed by atoms with Gasteiger partial charge < -0.3 is 9.72 Å². The Balaban J connectivity index is 1.44. The summed E-state index contributed by atoms with van der Waals surface area (Å²) >= 11 is 7.08. The van der Waals surface area contributed by atoms with Crippen LogP contribution < -0.4 is 5.56 Å². The number of carbonyl (C=O) groups excluding carboxylic acids is 2. The maximum atomic E-state index is 12.7. The fourth-order valence-electron chi connectivity index (χ4n) is 3.97. The van der Waals surface area contributed by atoms with Crippen LogP contribution in [0, 0.1) is 12.8 Å². The first-order valence-electron chi connectivity index (χ1n) is 10.00. The van der Waals surface area contributed by atoms with Gasteiger partial charge >= 0.3 is 5.97 Å². The van der Waals surface area contributed by atoms with E-state index in [0.29, 0.717) is 43.6 Å². The predicted octanol–water partition coefficient (Wildman–Crippen LogP) is 3.83. The van der Waals surface area contributed by atoms with E-state index in [1.54, 1.807) is 31.2 Å². The van der Waals surface area contributed by atoms with Crippen molar-refractivity contribution in [3.05, 3.63) is 61.5 Å². The number of hydrogen-bond donors (Lipinski definition) is 1. The summed E-state index contributed by atoms with van der Waals surface area (Å²) in [6, 6.07) is 7.01. The molecule has 0 radical (unpaired) electrons. The number of piperidine rings is 1. The topological polar surface area (TPSA) is 92.4 Å². The van der Waals surface area contributed by atoms with E-state index in [9.17, 15) is 14.4 Å². The largest absolute Gasteiger partial charge is 0.465 e. The van der Waals surface area contributed by atoms with Crippen LogP contribution in [0.5, 0.6) is 0 Å². The van der Waals surface area contributed by atoms with Gasteiger partial charge in [-0.3, -0.25) is 14.5 Å². The molecule has 0 unspecified atom stereocenters. The third-order valence-corrected chi connectivity index (χ3v) is 7.10. The number of halogens is 1. The number of thiophene rings is 1. The molecule has 1 fully saturated rings. The number of aryl methyl sites for hydroxylation is 1. The zero-order valence-corrected chi connectivity index (χ0v) is 18.8. The molecule has 31 heavy (non-hydrogen) atoms. The van der Waals surface area contributed by atoms with Gasteiger partial charge in [0.15, 0.2) is 5.78 Å². The molecule has 0 spiro atoms. The molecule has 1 aliphatic rings. The molecule has 0 saturated carbocycles. The first-order chi connectivity index (χ1) is 14.9. The molecule has 1 aliphatic heterocycles. The maximum absolute atomic E-state index is 12.7. The van der Waals surface area contributed by atoms with E-state index < -0.39 is 5.97 Å². The van der Waals surface area contributed by atoms with Crippen LogP contribution in [0.1, 0.15) is 44.3 Å². The van der Waals surface area contributed by atoms with Gasteiger partial charge in [0.1, 0.15) is 15.5 Å². The van der Waals surface area contributed by atoms with Crippen molar-refractivity contribution >= 4 is 44.9 Å². The van der Waals surface area contributed by atoms with Gasteiger partial charge in [-0.1, -0.05) is 11.6 Å². The second-order valence-electron chi connectivity index (χ2n) is 7.66. The first-order valence-corrected chi connectivity index (χ1v) is 11.2. The van der Waals surface area contributed by atoms with Crippen LogP contribution in [0.4, 0.5) is 0 Å². The van der Waals surface area contributed by atoms with Crippen LogP contribution in [-0.2, 0) is 11.3 Å². The molecule has 4 rings (SSSR count). The number of hydrogen-bond acceptors (Lipinski definition) is 7. The average Bonchev–Trinajstić information content (AvgIpc) is 3.10. The number of aromatic nitrogens is 2. The fraction of sp³-hybridized carbons (Fsp3) is 0.364. The van der Waals surface area contributed by atoms with E-state index in [4.69, 9.17) is 16.3 Å². The summed E-state index contributed by atoms with van der Waals surface area (Å²) in [6.45, 7) is 3.69. The number of methoxy groups -OCH3 is 1. The van der Waals surface area contributed by atoms with Crippen molar-refractivity contribution in [2.45, 2.75) is 26.3 Å². The Morgan fingerprint density at radius 3 is 2.58 bits per heavy atom. The minimum atomic E-state index is -0.464. The second-order valence-corrected chi connectivity index (χ2v) is 9.10. The quantitative estimate of drug-likeness (QED) is 0.460. The lowest BCUT2D eigenvalue weighted by molar-refractivity contribution is 0.0605. The molecule has 3 aromatic rings. The van der Waals surface area contributed by atoms with Gasteiger partial charge in [-0.05, 0) is 62.7 Å². The summed E-state index contributed by atoms with van der Waals surface area (Å²) in [5.74, 6) is 0.217.